The van der Waals surface area contributed by atoms with Crippen LogP contribution in [0.1, 0.15) is 31.4 Å². The fourth-order valence-electron chi connectivity index (χ4n) is 2.71. The fraction of sp³-hybridized carbons (Fsp3) is 0.273. The van der Waals surface area contributed by atoms with Crippen LogP contribution in [0.5, 0.6) is 11.5 Å². The molecule has 0 unspecified atom stereocenters. The molecule has 7 heteroatoms. The van der Waals surface area contributed by atoms with Crippen LogP contribution in [0.25, 0.3) is 6.08 Å². The van der Waals surface area contributed by atoms with Crippen LogP contribution in [0, 0.1) is 6.92 Å². The van der Waals surface area contributed by atoms with Crippen LogP contribution in [-0.2, 0) is 4.79 Å². The van der Waals surface area contributed by atoms with Crippen molar-refractivity contribution in [2.24, 2.45) is 4.99 Å². The van der Waals surface area contributed by atoms with Crippen molar-refractivity contribution in [2.45, 2.75) is 27.2 Å². The summed E-state index contributed by atoms with van der Waals surface area (Å²) in [6.07, 6.45) is 2.74. The van der Waals surface area contributed by atoms with Crippen molar-refractivity contribution in [3.63, 3.8) is 0 Å². The molecule has 1 heterocycles. The number of hydrogen-bond donors (Lipinski definition) is 1. The Hall–Kier alpha value is -2.25. The number of rotatable bonds is 7. The number of halogens is 1. The highest BCUT2D eigenvalue weighted by Crippen LogP contribution is 2.38. The number of benzene rings is 2. The summed E-state index contributed by atoms with van der Waals surface area (Å²) in [5.74, 6) is 1.17. The fourth-order valence-corrected chi connectivity index (χ4v) is 4.12. The van der Waals surface area contributed by atoms with Crippen LogP contribution in [-0.4, -0.2) is 24.3 Å². The second-order valence-corrected chi connectivity index (χ2v) is 8.26. The number of carbonyl (C=O) groups is 1. The first kappa shape index (κ1) is 21.5. The SMILES string of the molecule is CCCOc1c(Br)cc(C=C2SC(=Nc3ccccc3C)NC2=O)cc1OCC. The molecule has 0 radical (unpaired) electrons. The van der Waals surface area contributed by atoms with Crippen molar-refractivity contribution in [1.29, 1.82) is 0 Å². The maximum absolute atomic E-state index is 12.4. The van der Waals surface area contributed by atoms with E-state index in [-0.39, 0.29) is 5.91 Å². The van der Waals surface area contributed by atoms with Gasteiger partial charge in [-0.15, -0.1) is 0 Å². The third-order valence-corrected chi connectivity index (χ3v) is 5.57. The zero-order chi connectivity index (χ0) is 20.8. The largest absolute Gasteiger partial charge is 0.490 e. The predicted molar refractivity (Wildman–Crippen MR) is 123 cm³/mol. The Morgan fingerprint density at radius 3 is 2.72 bits per heavy atom. The Balaban J connectivity index is 1.87. The van der Waals surface area contributed by atoms with E-state index < -0.39 is 0 Å². The summed E-state index contributed by atoms with van der Waals surface area (Å²) in [4.78, 5) is 17.6. The second-order valence-electron chi connectivity index (χ2n) is 6.38. The molecule has 1 amide bonds. The highest BCUT2D eigenvalue weighted by Gasteiger charge is 2.24. The maximum atomic E-state index is 12.4. The number of ether oxygens (including phenoxy) is 2. The van der Waals surface area contributed by atoms with Crippen LogP contribution in [0.15, 0.2) is 50.8 Å². The number of hydrogen-bond acceptors (Lipinski definition) is 5. The van der Waals surface area contributed by atoms with Crippen molar-refractivity contribution in [2.75, 3.05) is 13.2 Å². The van der Waals surface area contributed by atoms with Gasteiger partial charge in [0.05, 0.1) is 28.3 Å². The summed E-state index contributed by atoms with van der Waals surface area (Å²) in [5.41, 5.74) is 2.74. The molecule has 1 aliphatic rings. The highest BCUT2D eigenvalue weighted by molar-refractivity contribution is 9.10. The molecule has 0 saturated carbocycles. The minimum atomic E-state index is -0.164. The summed E-state index contributed by atoms with van der Waals surface area (Å²) >= 11 is 4.88. The van der Waals surface area contributed by atoms with Gasteiger partial charge < -0.3 is 14.8 Å². The van der Waals surface area contributed by atoms with Crippen LogP contribution < -0.4 is 14.8 Å². The molecular formula is C22H23BrN2O3S. The number of nitrogens with zero attached hydrogens (tertiary/aromatic N) is 1. The van der Waals surface area contributed by atoms with E-state index in [0.29, 0.717) is 34.8 Å². The molecule has 5 nitrogen and oxygen atoms in total. The van der Waals surface area contributed by atoms with Crippen molar-refractivity contribution < 1.29 is 14.3 Å². The quantitative estimate of drug-likeness (QED) is 0.512. The Morgan fingerprint density at radius 2 is 2.00 bits per heavy atom. The molecule has 1 N–H and O–H groups in total. The predicted octanol–water partition coefficient (Wildman–Crippen LogP) is 5.84. The lowest BCUT2D eigenvalue weighted by atomic mass is 10.2. The third-order valence-electron chi connectivity index (χ3n) is 4.07. The van der Waals surface area contributed by atoms with E-state index in [2.05, 4.69) is 33.2 Å². The molecule has 29 heavy (non-hydrogen) atoms. The first-order valence-corrected chi connectivity index (χ1v) is 11.1. The molecule has 152 valence electrons. The summed E-state index contributed by atoms with van der Waals surface area (Å²) in [7, 11) is 0. The van der Waals surface area contributed by atoms with Gasteiger partial charge in [-0.2, -0.15) is 0 Å². The van der Waals surface area contributed by atoms with E-state index >= 15 is 0 Å². The van der Waals surface area contributed by atoms with E-state index in [1.165, 1.54) is 11.8 Å². The van der Waals surface area contributed by atoms with Crippen molar-refractivity contribution in [3.05, 3.63) is 56.9 Å². The minimum absolute atomic E-state index is 0.164. The van der Waals surface area contributed by atoms with E-state index in [1.807, 2.05) is 56.3 Å². The average Bonchev–Trinajstić information content (AvgIpc) is 3.02. The van der Waals surface area contributed by atoms with Crippen LogP contribution in [0.2, 0.25) is 0 Å². The van der Waals surface area contributed by atoms with Gasteiger partial charge in [-0.25, -0.2) is 4.99 Å². The zero-order valence-electron chi connectivity index (χ0n) is 16.6. The van der Waals surface area contributed by atoms with E-state index in [1.54, 1.807) is 0 Å². The number of carbonyl (C=O) groups excluding carboxylic acids is 1. The number of para-hydroxylation sites is 1. The van der Waals surface area contributed by atoms with Gasteiger partial charge >= 0.3 is 0 Å². The molecule has 1 saturated heterocycles. The molecule has 0 aliphatic carbocycles. The van der Waals surface area contributed by atoms with Crippen molar-refractivity contribution in [3.8, 4) is 11.5 Å². The summed E-state index contributed by atoms with van der Waals surface area (Å²) in [5, 5.41) is 3.40. The molecule has 1 fully saturated rings. The molecule has 0 bridgehead atoms. The lowest BCUT2D eigenvalue weighted by Gasteiger charge is -2.14. The Bertz CT molecular complexity index is 973. The third kappa shape index (κ3) is 5.42. The standard InChI is InChI=1S/C22H23BrN2O3S/c1-4-10-28-20-16(23)11-15(12-18(20)27-5-2)13-19-21(26)25-22(29-19)24-17-9-7-6-8-14(17)3/h6-9,11-13H,4-5,10H2,1-3H3,(H,24,25,26). The lowest BCUT2D eigenvalue weighted by Crippen LogP contribution is -2.19. The van der Waals surface area contributed by atoms with Gasteiger partial charge in [0.15, 0.2) is 16.7 Å². The van der Waals surface area contributed by atoms with Gasteiger partial charge in [0.25, 0.3) is 5.91 Å². The van der Waals surface area contributed by atoms with Gasteiger partial charge in [-0.1, -0.05) is 25.1 Å². The van der Waals surface area contributed by atoms with Gasteiger partial charge in [-0.3, -0.25) is 4.79 Å². The molecule has 1 aliphatic heterocycles. The highest BCUT2D eigenvalue weighted by atomic mass is 79.9. The molecular weight excluding hydrogens is 452 g/mol. The molecule has 3 rings (SSSR count). The van der Waals surface area contributed by atoms with Gasteiger partial charge in [-0.05, 0) is 83.4 Å². The van der Waals surface area contributed by atoms with Crippen LogP contribution >= 0.6 is 27.7 Å². The Kier molecular flexibility index (Phi) is 7.39. The first-order valence-electron chi connectivity index (χ1n) is 9.46. The Morgan fingerprint density at radius 1 is 1.21 bits per heavy atom. The number of aryl methyl sites for hydroxylation is 1. The maximum Gasteiger partial charge on any atom is 0.264 e. The van der Waals surface area contributed by atoms with Gasteiger partial charge in [0.1, 0.15) is 0 Å². The van der Waals surface area contributed by atoms with Crippen LogP contribution in [0.4, 0.5) is 5.69 Å². The number of thioether (sulfide) groups is 1. The lowest BCUT2D eigenvalue weighted by molar-refractivity contribution is -0.115. The smallest absolute Gasteiger partial charge is 0.264 e. The normalized spacial score (nSPS) is 16.3. The van der Waals surface area contributed by atoms with E-state index in [9.17, 15) is 4.79 Å². The first-order chi connectivity index (χ1) is 14.0. The monoisotopic (exact) mass is 474 g/mol. The van der Waals surface area contributed by atoms with Gasteiger partial charge in [0, 0.05) is 0 Å². The van der Waals surface area contributed by atoms with Gasteiger partial charge in [0.2, 0.25) is 0 Å². The molecule has 2 aromatic rings. The average molecular weight is 475 g/mol. The topological polar surface area (TPSA) is 59.9 Å². The van der Waals surface area contributed by atoms with E-state index in [4.69, 9.17) is 9.47 Å². The molecule has 0 spiro atoms. The van der Waals surface area contributed by atoms with Crippen molar-refractivity contribution in [1.82, 2.24) is 5.32 Å². The van der Waals surface area contributed by atoms with Crippen LogP contribution in [0.3, 0.4) is 0 Å². The molecule has 2 aromatic carbocycles. The number of amides is 1. The number of aliphatic imine (C=N–C) groups is 1. The zero-order valence-corrected chi connectivity index (χ0v) is 19.0. The molecule has 0 aromatic heterocycles. The Labute approximate surface area is 183 Å². The number of amidine groups is 1. The summed E-state index contributed by atoms with van der Waals surface area (Å²) in [6.45, 7) is 7.11. The number of nitrogens with one attached hydrogen (secondary N) is 1. The minimum Gasteiger partial charge on any atom is -0.490 e. The summed E-state index contributed by atoms with van der Waals surface area (Å²) < 4.78 is 12.4. The van der Waals surface area contributed by atoms with Crippen molar-refractivity contribution >= 4 is 50.5 Å². The second kappa shape index (κ2) is 9.98. The summed E-state index contributed by atoms with van der Waals surface area (Å²) in [6, 6.07) is 11.6. The van der Waals surface area contributed by atoms with E-state index in [0.717, 1.165) is 27.7 Å². The molecule has 0 atom stereocenters.